The summed E-state index contributed by atoms with van der Waals surface area (Å²) in [6, 6.07) is 0. The molecule has 0 aliphatic heterocycles. The Hall–Kier alpha value is -0.560. The Morgan fingerprint density at radius 1 is 1.42 bits per heavy atom. The highest BCUT2D eigenvalue weighted by Crippen LogP contribution is 2.38. The normalized spacial score (nSPS) is 34.9. The van der Waals surface area contributed by atoms with Crippen molar-refractivity contribution in [2.75, 3.05) is 0 Å². The van der Waals surface area contributed by atoms with Crippen molar-refractivity contribution in [3.05, 3.63) is 25.3 Å². The average Bonchev–Trinajstić information content (AvgIpc) is 2.35. The quantitative estimate of drug-likeness (QED) is 0.637. The van der Waals surface area contributed by atoms with Crippen molar-refractivity contribution in [3.63, 3.8) is 0 Å². The van der Waals surface area contributed by atoms with Crippen LogP contribution in [-0.4, -0.2) is 5.54 Å². The van der Waals surface area contributed by atoms with Crippen LogP contribution in [0.2, 0.25) is 0 Å². The fourth-order valence-corrected chi connectivity index (χ4v) is 2.26. The van der Waals surface area contributed by atoms with E-state index in [0.717, 1.165) is 19.3 Å². The monoisotopic (exact) mass is 165 g/mol. The van der Waals surface area contributed by atoms with Gasteiger partial charge in [-0.15, -0.1) is 13.2 Å². The third kappa shape index (κ3) is 1.78. The van der Waals surface area contributed by atoms with Gasteiger partial charge in [-0.05, 0) is 31.6 Å². The van der Waals surface area contributed by atoms with Crippen LogP contribution in [0.1, 0.15) is 32.1 Å². The van der Waals surface area contributed by atoms with Gasteiger partial charge in [0.25, 0.3) is 0 Å². The molecule has 12 heavy (non-hydrogen) atoms. The molecule has 0 aromatic heterocycles. The molecule has 0 bridgehead atoms. The van der Waals surface area contributed by atoms with Gasteiger partial charge in [0.1, 0.15) is 0 Å². The van der Waals surface area contributed by atoms with Crippen LogP contribution < -0.4 is 5.73 Å². The summed E-state index contributed by atoms with van der Waals surface area (Å²) < 4.78 is 0. The third-order valence-electron chi connectivity index (χ3n) is 2.98. The largest absolute Gasteiger partial charge is 0.325 e. The lowest BCUT2D eigenvalue weighted by Crippen LogP contribution is -2.42. The van der Waals surface area contributed by atoms with Crippen molar-refractivity contribution in [1.82, 2.24) is 0 Å². The first-order valence-electron chi connectivity index (χ1n) is 4.73. The van der Waals surface area contributed by atoms with E-state index in [1.807, 2.05) is 12.2 Å². The summed E-state index contributed by atoms with van der Waals surface area (Å²) in [5.41, 5.74) is 6.30. The molecule has 0 aromatic rings. The highest BCUT2D eigenvalue weighted by Gasteiger charge is 2.36. The molecule has 1 aliphatic rings. The zero-order valence-electron chi connectivity index (χ0n) is 7.76. The summed E-state index contributed by atoms with van der Waals surface area (Å²) in [6.07, 6.45) is 9.62. The van der Waals surface area contributed by atoms with E-state index < -0.39 is 0 Å². The summed E-state index contributed by atoms with van der Waals surface area (Å²) >= 11 is 0. The Bertz CT molecular complexity index is 174. The van der Waals surface area contributed by atoms with Gasteiger partial charge in [-0.2, -0.15) is 0 Å². The summed E-state index contributed by atoms with van der Waals surface area (Å²) in [4.78, 5) is 0. The van der Waals surface area contributed by atoms with E-state index in [1.165, 1.54) is 12.8 Å². The number of hydrogen-bond donors (Lipinski definition) is 1. The lowest BCUT2D eigenvalue weighted by Gasteiger charge is -2.29. The van der Waals surface area contributed by atoms with Crippen molar-refractivity contribution in [3.8, 4) is 0 Å². The topological polar surface area (TPSA) is 26.0 Å². The standard InChI is InChI=1S/C11H19N/c1-3-6-10-7-5-9-11(10,12)8-4-2/h3-4,10H,1-2,5-9,12H2. The molecule has 0 aromatic carbocycles. The molecule has 0 saturated heterocycles. The maximum Gasteiger partial charge on any atom is 0.0220 e. The minimum Gasteiger partial charge on any atom is -0.325 e. The smallest absolute Gasteiger partial charge is 0.0220 e. The highest BCUT2D eigenvalue weighted by molar-refractivity contribution is 5.01. The van der Waals surface area contributed by atoms with E-state index in [0.29, 0.717) is 5.92 Å². The predicted octanol–water partition coefficient (Wildman–Crippen LogP) is 2.64. The molecule has 0 amide bonds. The van der Waals surface area contributed by atoms with Crippen molar-refractivity contribution in [1.29, 1.82) is 0 Å². The minimum atomic E-state index is 0.0237. The van der Waals surface area contributed by atoms with Crippen molar-refractivity contribution < 1.29 is 0 Å². The molecule has 2 unspecified atom stereocenters. The molecule has 2 atom stereocenters. The van der Waals surface area contributed by atoms with Crippen LogP contribution >= 0.6 is 0 Å². The molecule has 1 nitrogen and oxygen atoms in total. The molecule has 2 N–H and O–H groups in total. The van der Waals surface area contributed by atoms with Gasteiger partial charge in [0, 0.05) is 5.54 Å². The molecule has 1 aliphatic carbocycles. The van der Waals surface area contributed by atoms with Gasteiger partial charge >= 0.3 is 0 Å². The van der Waals surface area contributed by atoms with Crippen LogP contribution in [0.15, 0.2) is 25.3 Å². The fraction of sp³-hybridized carbons (Fsp3) is 0.636. The SMILES string of the molecule is C=CCC1CCCC1(N)CC=C. The average molecular weight is 165 g/mol. The van der Waals surface area contributed by atoms with Crippen LogP contribution in [-0.2, 0) is 0 Å². The van der Waals surface area contributed by atoms with Gasteiger partial charge < -0.3 is 5.73 Å². The van der Waals surface area contributed by atoms with Crippen LogP contribution in [0.25, 0.3) is 0 Å². The minimum absolute atomic E-state index is 0.0237. The Morgan fingerprint density at radius 2 is 2.17 bits per heavy atom. The Morgan fingerprint density at radius 3 is 2.75 bits per heavy atom. The van der Waals surface area contributed by atoms with Crippen molar-refractivity contribution >= 4 is 0 Å². The second-order valence-corrected chi connectivity index (χ2v) is 3.84. The van der Waals surface area contributed by atoms with Crippen LogP contribution in [0, 0.1) is 5.92 Å². The second kappa shape index (κ2) is 3.90. The zero-order chi connectivity index (χ0) is 9.03. The number of hydrogen-bond acceptors (Lipinski definition) is 1. The molecule has 0 radical (unpaired) electrons. The number of rotatable bonds is 4. The first-order valence-corrected chi connectivity index (χ1v) is 4.73. The third-order valence-corrected chi connectivity index (χ3v) is 2.98. The van der Waals surface area contributed by atoms with Gasteiger partial charge in [-0.25, -0.2) is 0 Å². The first kappa shape index (κ1) is 9.53. The van der Waals surface area contributed by atoms with Crippen molar-refractivity contribution in [2.45, 2.75) is 37.6 Å². The molecular weight excluding hydrogens is 146 g/mol. The number of nitrogens with two attached hydrogens (primary N) is 1. The number of allylic oxidation sites excluding steroid dienone is 1. The van der Waals surface area contributed by atoms with Crippen molar-refractivity contribution in [2.24, 2.45) is 11.7 Å². The first-order chi connectivity index (χ1) is 5.73. The molecular formula is C11H19N. The van der Waals surface area contributed by atoms with Gasteiger partial charge in [-0.3, -0.25) is 0 Å². The molecule has 1 saturated carbocycles. The fourth-order valence-electron chi connectivity index (χ4n) is 2.26. The Balaban J connectivity index is 2.59. The van der Waals surface area contributed by atoms with E-state index >= 15 is 0 Å². The molecule has 68 valence electrons. The molecule has 0 spiro atoms. The van der Waals surface area contributed by atoms with E-state index in [4.69, 9.17) is 5.73 Å². The maximum atomic E-state index is 6.28. The van der Waals surface area contributed by atoms with E-state index in [-0.39, 0.29) is 5.54 Å². The Kier molecular flexibility index (Phi) is 3.10. The lowest BCUT2D eigenvalue weighted by atomic mass is 9.83. The van der Waals surface area contributed by atoms with Crippen LogP contribution in [0.3, 0.4) is 0 Å². The molecule has 1 rings (SSSR count). The highest BCUT2D eigenvalue weighted by atomic mass is 14.8. The summed E-state index contributed by atoms with van der Waals surface area (Å²) in [6.45, 7) is 7.53. The van der Waals surface area contributed by atoms with E-state index in [2.05, 4.69) is 13.2 Å². The van der Waals surface area contributed by atoms with Gasteiger partial charge in [0.15, 0.2) is 0 Å². The maximum absolute atomic E-state index is 6.28. The van der Waals surface area contributed by atoms with Gasteiger partial charge in [0.2, 0.25) is 0 Å². The molecule has 1 heteroatoms. The summed E-state index contributed by atoms with van der Waals surface area (Å²) in [5, 5.41) is 0. The van der Waals surface area contributed by atoms with Crippen LogP contribution in [0.5, 0.6) is 0 Å². The lowest BCUT2D eigenvalue weighted by molar-refractivity contribution is 0.321. The summed E-state index contributed by atoms with van der Waals surface area (Å²) in [5.74, 6) is 0.632. The van der Waals surface area contributed by atoms with Crippen LogP contribution in [0.4, 0.5) is 0 Å². The molecule has 0 heterocycles. The summed E-state index contributed by atoms with van der Waals surface area (Å²) in [7, 11) is 0. The van der Waals surface area contributed by atoms with E-state index in [9.17, 15) is 0 Å². The second-order valence-electron chi connectivity index (χ2n) is 3.84. The predicted molar refractivity (Wildman–Crippen MR) is 53.9 cm³/mol. The zero-order valence-corrected chi connectivity index (χ0v) is 7.76. The Labute approximate surface area is 75.3 Å². The molecule has 1 fully saturated rings. The van der Waals surface area contributed by atoms with E-state index in [1.54, 1.807) is 0 Å². The van der Waals surface area contributed by atoms with Gasteiger partial charge in [-0.1, -0.05) is 18.6 Å². The van der Waals surface area contributed by atoms with Gasteiger partial charge in [0.05, 0.1) is 0 Å².